The summed E-state index contributed by atoms with van der Waals surface area (Å²) < 4.78 is 0. The van der Waals surface area contributed by atoms with Crippen molar-refractivity contribution in [2.75, 3.05) is 0 Å². The fourth-order valence-electron chi connectivity index (χ4n) is 7.26. The van der Waals surface area contributed by atoms with Gasteiger partial charge in [-0.2, -0.15) is 0 Å². The van der Waals surface area contributed by atoms with Crippen molar-refractivity contribution in [3.63, 3.8) is 0 Å². The van der Waals surface area contributed by atoms with E-state index in [4.69, 9.17) is 0 Å². The predicted octanol–water partition coefficient (Wildman–Crippen LogP) is 5.92. The molecule has 4 rings (SSSR count). The number of fused-ring (bicyclic) bond motifs is 5. The van der Waals surface area contributed by atoms with Gasteiger partial charge >= 0.3 is 0 Å². The van der Waals surface area contributed by atoms with Gasteiger partial charge in [0.25, 0.3) is 0 Å². The van der Waals surface area contributed by atoms with E-state index >= 15 is 0 Å². The molecule has 4 aliphatic carbocycles. The monoisotopic (exact) mass is 356 g/mol. The summed E-state index contributed by atoms with van der Waals surface area (Å²) in [5, 5.41) is 0. The Labute approximate surface area is 159 Å². The third-order valence-corrected chi connectivity index (χ3v) is 9.21. The van der Waals surface area contributed by atoms with E-state index in [1.165, 1.54) is 24.0 Å². The van der Waals surface area contributed by atoms with Crippen LogP contribution in [0.15, 0.2) is 23.3 Å². The summed E-state index contributed by atoms with van der Waals surface area (Å²) >= 11 is 0. The van der Waals surface area contributed by atoms with E-state index in [2.05, 4.69) is 33.8 Å². The Morgan fingerprint density at radius 3 is 2.38 bits per heavy atom. The second kappa shape index (κ2) is 5.91. The number of ketones is 2. The molecule has 2 fully saturated rings. The minimum atomic E-state index is -0.163. The van der Waals surface area contributed by atoms with Crippen LogP contribution in [0.25, 0.3) is 0 Å². The molecule has 26 heavy (non-hydrogen) atoms. The lowest BCUT2D eigenvalue weighted by Crippen LogP contribution is -2.52. The molecule has 0 amide bonds. The van der Waals surface area contributed by atoms with Crippen LogP contribution in [-0.2, 0) is 9.59 Å². The lowest BCUT2D eigenvalue weighted by atomic mass is 9.46. The second-order valence-electron chi connectivity index (χ2n) is 9.96. The molecule has 0 heterocycles. The minimum Gasteiger partial charge on any atom is -0.299 e. The topological polar surface area (TPSA) is 34.1 Å². The molecule has 4 aliphatic rings. The van der Waals surface area contributed by atoms with Gasteiger partial charge in [0.2, 0.25) is 0 Å². The van der Waals surface area contributed by atoms with Crippen molar-refractivity contribution in [2.45, 2.75) is 80.6 Å². The molecule has 2 heteroatoms. The van der Waals surface area contributed by atoms with Gasteiger partial charge in [-0.1, -0.05) is 39.8 Å². The van der Waals surface area contributed by atoms with Crippen LogP contribution in [0, 0.1) is 34.0 Å². The molecule has 0 N–H and O–H groups in total. The molecule has 0 aromatic carbocycles. The molecule has 0 aliphatic heterocycles. The third kappa shape index (κ3) is 2.23. The Morgan fingerprint density at radius 2 is 1.73 bits per heavy atom. The molecular formula is C24H36O2. The first kappa shape index (κ1) is 19.6. The Kier molecular flexibility index (Phi) is 4.45. The highest BCUT2D eigenvalue weighted by Gasteiger charge is 2.63. The van der Waals surface area contributed by atoms with Crippen LogP contribution in [0.5, 0.6) is 0 Å². The first-order valence-corrected chi connectivity index (χ1v) is 10.1. The van der Waals surface area contributed by atoms with E-state index in [-0.39, 0.29) is 23.7 Å². The zero-order chi connectivity index (χ0) is 18.2. The van der Waals surface area contributed by atoms with Crippen LogP contribution in [0.2, 0.25) is 0 Å². The fourth-order valence-corrected chi connectivity index (χ4v) is 7.26. The number of allylic oxidation sites excluding steroid dienone is 4. The van der Waals surface area contributed by atoms with Crippen molar-refractivity contribution < 1.29 is 9.59 Å². The first-order valence-electron chi connectivity index (χ1n) is 10.1. The van der Waals surface area contributed by atoms with Crippen LogP contribution < -0.4 is 0 Å². The van der Waals surface area contributed by atoms with Gasteiger partial charge in [0.15, 0.2) is 5.78 Å². The largest absolute Gasteiger partial charge is 0.299 e. The summed E-state index contributed by atoms with van der Waals surface area (Å²) in [6, 6.07) is 0. The molecule has 2 saturated carbocycles. The minimum absolute atomic E-state index is 0. The van der Waals surface area contributed by atoms with E-state index in [0.717, 1.165) is 19.3 Å². The highest BCUT2D eigenvalue weighted by molar-refractivity contribution is 5.92. The van der Waals surface area contributed by atoms with Crippen molar-refractivity contribution in [3.05, 3.63) is 23.3 Å². The molecule has 144 valence electrons. The van der Waals surface area contributed by atoms with Crippen LogP contribution in [-0.4, -0.2) is 11.6 Å². The highest BCUT2D eigenvalue weighted by atomic mass is 16.1. The van der Waals surface area contributed by atoms with Crippen molar-refractivity contribution in [1.29, 1.82) is 0 Å². The molecule has 0 spiro atoms. The van der Waals surface area contributed by atoms with Gasteiger partial charge in [0, 0.05) is 11.8 Å². The van der Waals surface area contributed by atoms with Crippen LogP contribution in [0.1, 0.15) is 80.6 Å². The Hall–Kier alpha value is -1.18. The molecule has 0 bridgehead atoms. The highest BCUT2D eigenvalue weighted by Crippen LogP contribution is 2.69. The Morgan fingerprint density at radius 1 is 1.08 bits per heavy atom. The van der Waals surface area contributed by atoms with E-state index < -0.39 is 0 Å². The maximum atomic E-state index is 12.5. The first-order chi connectivity index (χ1) is 11.6. The number of Topliss-reactive ketones (excluding diaryl/α,β-unsaturated/α-hetero) is 1. The molecule has 0 radical (unpaired) electrons. The lowest BCUT2D eigenvalue weighted by Gasteiger charge is -2.58. The van der Waals surface area contributed by atoms with Gasteiger partial charge in [-0.3, -0.25) is 9.59 Å². The van der Waals surface area contributed by atoms with E-state index in [1.807, 2.05) is 6.08 Å². The summed E-state index contributed by atoms with van der Waals surface area (Å²) in [6.07, 6.45) is 10.7. The summed E-state index contributed by atoms with van der Waals surface area (Å²) in [5.74, 6) is 2.47. The number of rotatable bonds is 1. The zero-order valence-electron chi connectivity index (χ0n) is 16.4. The lowest BCUT2D eigenvalue weighted by molar-refractivity contribution is -0.136. The van der Waals surface area contributed by atoms with Crippen molar-refractivity contribution >= 4 is 11.6 Å². The maximum Gasteiger partial charge on any atom is 0.156 e. The number of carbonyl (C=O) groups is 2. The van der Waals surface area contributed by atoms with Crippen LogP contribution >= 0.6 is 0 Å². The summed E-state index contributed by atoms with van der Waals surface area (Å²) in [6.45, 7) is 11.0. The summed E-state index contributed by atoms with van der Waals surface area (Å²) in [4.78, 5) is 24.5. The van der Waals surface area contributed by atoms with Gasteiger partial charge in [-0.25, -0.2) is 0 Å². The van der Waals surface area contributed by atoms with Crippen LogP contribution in [0.3, 0.4) is 0 Å². The van der Waals surface area contributed by atoms with Gasteiger partial charge in [-0.05, 0) is 86.2 Å². The quantitative estimate of drug-likeness (QED) is 0.585. The normalized spacial score (nSPS) is 47.0. The van der Waals surface area contributed by atoms with Crippen LogP contribution in [0.4, 0.5) is 0 Å². The van der Waals surface area contributed by atoms with Gasteiger partial charge in [0.1, 0.15) is 5.78 Å². The van der Waals surface area contributed by atoms with Crippen molar-refractivity contribution in [2.24, 2.45) is 34.0 Å². The number of carbonyl (C=O) groups excluding carboxylic acids is 2. The van der Waals surface area contributed by atoms with Crippen molar-refractivity contribution in [3.8, 4) is 0 Å². The molecule has 2 nitrogen and oxygen atoms in total. The third-order valence-electron chi connectivity index (χ3n) is 9.21. The molecule has 0 aromatic rings. The number of hydrogen-bond donors (Lipinski definition) is 0. The molecule has 6 atom stereocenters. The molecule has 0 aromatic heterocycles. The average Bonchev–Trinajstić information content (AvgIpc) is 2.83. The SMILES string of the molecule is C.CC(=O)[C@@]1(C)CC[C@H]2[C@@H]3C=C(C)C4=CC(=O)CC[C@]4(C)C3CC[C@@]21C. The molecule has 0 saturated heterocycles. The Balaban J connectivity index is 0.00000196. The molecule has 1 unspecified atom stereocenters. The van der Waals surface area contributed by atoms with E-state index in [9.17, 15) is 9.59 Å². The Bertz CT molecular complexity index is 714. The van der Waals surface area contributed by atoms with Crippen molar-refractivity contribution in [1.82, 2.24) is 0 Å². The second-order valence-corrected chi connectivity index (χ2v) is 9.96. The maximum absolute atomic E-state index is 12.5. The fraction of sp³-hybridized carbons (Fsp3) is 0.750. The number of hydrogen-bond acceptors (Lipinski definition) is 2. The van der Waals surface area contributed by atoms with Gasteiger partial charge < -0.3 is 0 Å². The van der Waals surface area contributed by atoms with E-state index in [0.29, 0.717) is 35.7 Å². The molecular weight excluding hydrogens is 320 g/mol. The summed E-state index contributed by atoms with van der Waals surface area (Å²) in [7, 11) is 0. The summed E-state index contributed by atoms with van der Waals surface area (Å²) in [5.41, 5.74) is 2.73. The standard InChI is InChI=1S/C23H32O2.CH4/c1-14-12-17-18(21(3)9-6-16(25)13-20(14)21)7-11-23(5)19(17)8-10-22(23,4)15(2)24;/h12-13,17-19H,6-11H2,1-5H3;1H4/t17-,18?,19+,21-,22-,23+;/m1./s1. The predicted molar refractivity (Wildman–Crippen MR) is 107 cm³/mol. The zero-order valence-corrected chi connectivity index (χ0v) is 16.4. The smallest absolute Gasteiger partial charge is 0.156 e. The van der Waals surface area contributed by atoms with E-state index in [1.54, 1.807) is 6.92 Å². The van der Waals surface area contributed by atoms with Gasteiger partial charge in [0.05, 0.1) is 0 Å². The average molecular weight is 357 g/mol. The van der Waals surface area contributed by atoms with Gasteiger partial charge in [-0.15, -0.1) is 0 Å².